The van der Waals surface area contributed by atoms with Crippen LogP contribution < -0.4 is 0 Å². The summed E-state index contributed by atoms with van der Waals surface area (Å²) in [4.78, 5) is 15.9. The number of carbonyl (C=O) groups excluding carboxylic acids is 1. The van der Waals surface area contributed by atoms with Gasteiger partial charge in [0.15, 0.2) is 0 Å². The molecule has 0 radical (unpaired) electrons. The quantitative estimate of drug-likeness (QED) is 0.394. The van der Waals surface area contributed by atoms with E-state index in [1.807, 2.05) is 20.8 Å². The van der Waals surface area contributed by atoms with Gasteiger partial charge in [0, 0.05) is 27.8 Å². The van der Waals surface area contributed by atoms with Gasteiger partial charge in [-0.1, -0.05) is 55.4 Å². The maximum absolute atomic E-state index is 12.8. The second kappa shape index (κ2) is 8.99. The number of hydrogen-bond donors (Lipinski definition) is 0. The van der Waals surface area contributed by atoms with Crippen molar-refractivity contribution in [3.8, 4) is 0 Å². The van der Waals surface area contributed by atoms with Crippen molar-refractivity contribution >= 4 is 35.5 Å². The molecule has 1 aromatic heterocycles. The van der Waals surface area contributed by atoms with E-state index in [0.717, 1.165) is 11.3 Å². The first-order valence-corrected chi connectivity index (χ1v) is 16.1. The van der Waals surface area contributed by atoms with Crippen LogP contribution in [-0.4, -0.2) is 30.4 Å². The zero-order valence-electron chi connectivity index (χ0n) is 22.5. The summed E-state index contributed by atoms with van der Waals surface area (Å²) in [6, 6.07) is 6.76. The topological polar surface area (TPSA) is 42.7 Å². The summed E-state index contributed by atoms with van der Waals surface area (Å²) in [7, 11) is -1.64. The average Bonchev–Trinajstić information content (AvgIpc) is 3.01. The predicted octanol–water partition coefficient (Wildman–Crippen LogP) is 8.73. The van der Waals surface area contributed by atoms with Crippen LogP contribution in [0.5, 0.6) is 0 Å². The Bertz CT molecular complexity index is 995. The normalized spacial score (nSPS) is 16.7. The Morgan fingerprint density at radius 2 is 1.67 bits per heavy atom. The van der Waals surface area contributed by atoms with Crippen LogP contribution in [0.15, 0.2) is 27.5 Å². The van der Waals surface area contributed by atoms with Crippen molar-refractivity contribution in [1.82, 2.24) is 4.90 Å². The highest BCUT2D eigenvalue weighted by atomic mass is 32.4. The van der Waals surface area contributed by atoms with E-state index in [0.29, 0.717) is 29.7 Å². The van der Waals surface area contributed by atoms with Gasteiger partial charge in [-0.3, -0.25) is 4.90 Å². The molecule has 3 rings (SSSR count). The first kappa shape index (κ1) is 26.2. The summed E-state index contributed by atoms with van der Waals surface area (Å²) in [6.45, 7) is 25.6. The van der Waals surface area contributed by atoms with E-state index in [-0.39, 0.29) is 11.5 Å². The minimum atomic E-state index is -1.64. The number of nitrogens with zero attached hydrogens (tertiary/aromatic N) is 1. The number of fused-ring (bicyclic) bond motifs is 3. The fraction of sp³-hybridized carbons (Fsp3) is 0.667. The Balaban J connectivity index is 1.99. The molecule has 6 heteroatoms. The van der Waals surface area contributed by atoms with Crippen LogP contribution >= 0.6 is 11.2 Å². The van der Waals surface area contributed by atoms with E-state index in [2.05, 4.69) is 84.8 Å². The largest absolute Gasteiger partial charge is 0.459 e. The van der Waals surface area contributed by atoms with Gasteiger partial charge in [0.1, 0.15) is 24.2 Å². The van der Waals surface area contributed by atoms with Crippen molar-refractivity contribution in [2.75, 3.05) is 6.54 Å². The first-order chi connectivity index (χ1) is 15.1. The number of hydrogen-bond acceptors (Lipinski definition) is 4. The molecule has 0 fully saturated rings. The molecule has 1 aromatic carbocycles. The Morgan fingerprint density at radius 1 is 1.09 bits per heavy atom. The van der Waals surface area contributed by atoms with Gasteiger partial charge in [-0.2, -0.15) is 11.2 Å². The van der Waals surface area contributed by atoms with Crippen molar-refractivity contribution in [3.63, 3.8) is 0 Å². The maximum Gasteiger partial charge on any atom is 0.410 e. The molecule has 0 saturated heterocycles. The van der Waals surface area contributed by atoms with E-state index >= 15 is 0 Å². The Kier molecular flexibility index (Phi) is 7.14. The molecule has 1 aliphatic heterocycles. The van der Waals surface area contributed by atoms with E-state index in [9.17, 15) is 4.79 Å². The van der Waals surface area contributed by atoms with Crippen molar-refractivity contribution < 1.29 is 13.9 Å². The van der Waals surface area contributed by atoms with E-state index < -0.39 is 12.8 Å². The Morgan fingerprint density at radius 3 is 2.18 bits per heavy atom. The third-order valence-electron chi connectivity index (χ3n) is 6.99. The molecule has 0 unspecified atom stereocenters. The minimum Gasteiger partial charge on any atom is -0.459 e. The van der Waals surface area contributed by atoms with Crippen LogP contribution in [0.3, 0.4) is 0 Å². The number of rotatable bonds is 5. The molecule has 0 spiro atoms. The zero-order valence-corrected chi connectivity index (χ0v) is 24.3. The van der Waals surface area contributed by atoms with Gasteiger partial charge < -0.3 is 9.15 Å². The molecule has 0 bridgehead atoms. The molecule has 0 N–H and O–H groups in total. The van der Waals surface area contributed by atoms with Crippen LogP contribution in [0.4, 0.5) is 4.79 Å². The fourth-order valence-electron chi connectivity index (χ4n) is 5.84. The summed E-state index contributed by atoms with van der Waals surface area (Å²) >= 11 is 2.13. The number of furan rings is 1. The SMILES string of the molecule is CC(C)[Si](Sc1ccc2c3c(oc2c1)CN(C(=O)OC(C)(C)C)CC3(C)C)(C(C)C)C(C)C. The molecule has 0 saturated carbocycles. The molecule has 0 atom stereocenters. The molecule has 2 aromatic rings. The number of carbonyl (C=O) groups is 1. The van der Waals surface area contributed by atoms with Gasteiger partial charge in [-0.15, -0.1) is 0 Å². The molecule has 4 nitrogen and oxygen atoms in total. The highest BCUT2D eigenvalue weighted by Gasteiger charge is 2.44. The Labute approximate surface area is 205 Å². The van der Waals surface area contributed by atoms with Gasteiger partial charge in [0.25, 0.3) is 0 Å². The van der Waals surface area contributed by atoms with E-state index in [1.165, 1.54) is 15.8 Å². The lowest BCUT2D eigenvalue weighted by atomic mass is 9.80. The van der Waals surface area contributed by atoms with Gasteiger partial charge in [0.2, 0.25) is 0 Å². The molecule has 2 heterocycles. The Hall–Kier alpha value is -1.40. The smallest absolute Gasteiger partial charge is 0.410 e. The number of ether oxygens (including phenoxy) is 1. The molecular weight excluding hydrogens is 446 g/mol. The summed E-state index contributed by atoms with van der Waals surface area (Å²) in [5.41, 5.74) is 3.49. The lowest BCUT2D eigenvalue weighted by molar-refractivity contribution is 0.0157. The summed E-state index contributed by atoms with van der Waals surface area (Å²) in [5, 5.41) is 1.18. The first-order valence-electron chi connectivity index (χ1n) is 12.3. The molecular formula is C27H43NO3SSi. The predicted molar refractivity (Wildman–Crippen MR) is 143 cm³/mol. The average molecular weight is 490 g/mol. The standard InChI is InChI=1S/C27H43NO3SSi/c1-17(2)33(18(3)4,19(5)6)32-20-12-13-21-22(14-20)30-23-15-28(16-27(10,11)24(21)23)25(29)31-26(7,8)9/h12-14,17-19H,15-16H2,1-11H3. The van der Waals surface area contributed by atoms with Crippen LogP contribution in [0.2, 0.25) is 16.6 Å². The third kappa shape index (κ3) is 5.02. The fourth-order valence-corrected chi connectivity index (χ4v) is 15.0. The van der Waals surface area contributed by atoms with Gasteiger partial charge in [-0.25, -0.2) is 4.79 Å². The van der Waals surface area contributed by atoms with Crippen LogP contribution in [-0.2, 0) is 16.7 Å². The second-order valence-electron chi connectivity index (χ2n) is 12.2. The maximum atomic E-state index is 12.8. The molecule has 1 amide bonds. The lowest BCUT2D eigenvalue weighted by Crippen LogP contribution is -2.46. The van der Waals surface area contributed by atoms with Crippen molar-refractivity contribution in [2.45, 2.75) is 115 Å². The van der Waals surface area contributed by atoms with Crippen LogP contribution in [0.1, 0.15) is 87.5 Å². The number of amides is 1. The number of benzene rings is 1. The summed E-state index contributed by atoms with van der Waals surface area (Å²) in [6.07, 6.45) is -0.278. The molecule has 33 heavy (non-hydrogen) atoms. The van der Waals surface area contributed by atoms with Gasteiger partial charge in [0.05, 0.1) is 6.54 Å². The third-order valence-corrected chi connectivity index (χ3v) is 19.3. The molecule has 184 valence electrons. The highest BCUT2D eigenvalue weighted by Crippen LogP contribution is 2.52. The molecule has 1 aliphatic rings. The van der Waals surface area contributed by atoms with Crippen molar-refractivity contribution in [2.24, 2.45) is 0 Å². The monoisotopic (exact) mass is 489 g/mol. The second-order valence-corrected chi connectivity index (χ2v) is 20.8. The summed E-state index contributed by atoms with van der Waals surface area (Å²) in [5.74, 6) is 0.884. The van der Waals surface area contributed by atoms with Gasteiger partial charge in [-0.05, 0) is 55.6 Å². The molecule has 0 aliphatic carbocycles. The highest BCUT2D eigenvalue weighted by molar-refractivity contribution is 8.29. The van der Waals surface area contributed by atoms with E-state index in [4.69, 9.17) is 9.15 Å². The van der Waals surface area contributed by atoms with Gasteiger partial charge >= 0.3 is 6.09 Å². The van der Waals surface area contributed by atoms with Crippen LogP contribution in [0, 0.1) is 0 Å². The van der Waals surface area contributed by atoms with Crippen LogP contribution in [0.25, 0.3) is 11.0 Å². The van der Waals surface area contributed by atoms with Crippen molar-refractivity contribution in [1.29, 1.82) is 0 Å². The van der Waals surface area contributed by atoms with Crippen molar-refractivity contribution in [3.05, 3.63) is 29.5 Å². The van der Waals surface area contributed by atoms with E-state index in [1.54, 1.807) is 4.90 Å². The lowest BCUT2D eigenvalue weighted by Gasteiger charge is -2.42. The minimum absolute atomic E-state index is 0.212. The summed E-state index contributed by atoms with van der Waals surface area (Å²) < 4.78 is 12.1. The zero-order chi connectivity index (χ0) is 24.9.